The summed E-state index contributed by atoms with van der Waals surface area (Å²) in [5.41, 5.74) is 3.63. The van der Waals surface area contributed by atoms with Gasteiger partial charge in [0.25, 0.3) is 0 Å². The molecule has 0 spiro atoms. The van der Waals surface area contributed by atoms with Crippen molar-refractivity contribution in [1.82, 2.24) is 4.98 Å². The molecule has 0 unspecified atom stereocenters. The number of rotatable bonds is 2. The van der Waals surface area contributed by atoms with E-state index in [4.69, 9.17) is 4.99 Å². The third kappa shape index (κ3) is 2.30. The largest absolute Gasteiger partial charge is 0.374 e. The molecule has 1 aromatic carbocycles. The fourth-order valence-electron chi connectivity index (χ4n) is 3.57. The number of amidine groups is 1. The van der Waals surface area contributed by atoms with Gasteiger partial charge >= 0.3 is 0 Å². The lowest BCUT2D eigenvalue weighted by Crippen LogP contribution is -2.48. The van der Waals surface area contributed by atoms with E-state index in [2.05, 4.69) is 11.9 Å². The molecule has 1 aromatic heterocycles. The second kappa shape index (κ2) is 5.49. The number of carbonyl (C=O) groups excluding carboxylic acids is 1. The molecule has 1 N–H and O–H groups in total. The van der Waals surface area contributed by atoms with Gasteiger partial charge in [0.2, 0.25) is 5.78 Å². The summed E-state index contributed by atoms with van der Waals surface area (Å²) in [5, 5.41) is 11.1. The second-order valence-electron chi connectivity index (χ2n) is 6.84. The van der Waals surface area contributed by atoms with Crippen LogP contribution >= 0.6 is 0 Å². The standard InChI is InChI=1S/C20H21N3O2/c1-4-14-11-15(5-7-21-14)23-8-6-20(25)18(24)16-9-12(2)13(3)10-17(16)22-19(20)23/h5,7,9-11,25H,4,6,8H2,1-3H3/t20-/m1/s1. The highest BCUT2D eigenvalue weighted by Gasteiger charge is 2.52. The molecule has 5 nitrogen and oxygen atoms in total. The fraction of sp³-hybridized carbons (Fsp3) is 0.350. The molecule has 0 bridgehead atoms. The predicted octanol–water partition coefficient (Wildman–Crippen LogP) is 3.13. The maximum atomic E-state index is 13.0. The summed E-state index contributed by atoms with van der Waals surface area (Å²) >= 11 is 0. The summed E-state index contributed by atoms with van der Waals surface area (Å²) in [6.45, 7) is 6.58. The third-order valence-electron chi connectivity index (χ3n) is 5.26. The molecule has 128 valence electrons. The van der Waals surface area contributed by atoms with Crippen molar-refractivity contribution in [2.45, 2.75) is 39.2 Å². The number of aliphatic hydroxyl groups is 1. The van der Waals surface area contributed by atoms with Gasteiger partial charge < -0.3 is 10.0 Å². The minimum atomic E-state index is -1.54. The Kier molecular flexibility index (Phi) is 3.51. The van der Waals surface area contributed by atoms with E-state index in [0.717, 1.165) is 28.9 Å². The second-order valence-corrected chi connectivity index (χ2v) is 6.84. The Bertz CT molecular complexity index is 919. The number of hydrogen-bond acceptors (Lipinski definition) is 5. The first-order valence-electron chi connectivity index (χ1n) is 8.64. The van der Waals surface area contributed by atoms with Crippen molar-refractivity contribution in [3.63, 3.8) is 0 Å². The van der Waals surface area contributed by atoms with Crippen LogP contribution in [0.15, 0.2) is 35.5 Å². The van der Waals surface area contributed by atoms with Crippen LogP contribution in [-0.4, -0.2) is 33.9 Å². The van der Waals surface area contributed by atoms with Crippen LogP contribution in [0.2, 0.25) is 0 Å². The first-order chi connectivity index (χ1) is 11.9. The van der Waals surface area contributed by atoms with Crippen LogP contribution in [0.25, 0.3) is 0 Å². The Balaban J connectivity index is 1.86. The molecule has 2 aliphatic rings. The number of aromatic nitrogens is 1. The van der Waals surface area contributed by atoms with E-state index in [0.29, 0.717) is 30.1 Å². The number of Topliss-reactive ketones (excluding diaryl/α,β-unsaturated/α-hetero) is 1. The molecule has 25 heavy (non-hydrogen) atoms. The molecule has 1 atom stereocenters. The maximum Gasteiger partial charge on any atom is 0.204 e. The smallest absolute Gasteiger partial charge is 0.204 e. The summed E-state index contributed by atoms with van der Waals surface area (Å²) in [7, 11) is 0. The normalized spacial score (nSPS) is 21.8. The minimum Gasteiger partial charge on any atom is -0.374 e. The van der Waals surface area contributed by atoms with Gasteiger partial charge in [-0.1, -0.05) is 6.92 Å². The van der Waals surface area contributed by atoms with E-state index in [1.165, 1.54) is 0 Å². The topological polar surface area (TPSA) is 65.8 Å². The molecule has 0 radical (unpaired) electrons. The van der Waals surface area contributed by atoms with Gasteiger partial charge in [-0.05, 0) is 55.7 Å². The summed E-state index contributed by atoms with van der Waals surface area (Å²) < 4.78 is 0. The average Bonchev–Trinajstić information content (AvgIpc) is 2.95. The maximum absolute atomic E-state index is 13.0. The quantitative estimate of drug-likeness (QED) is 0.916. The molecule has 1 saturated heterocycles. The minimum absolute atomic E-state index is 0.247. The molecule has 0 amide bonds. The lowest BCUT2D eigenvalue weighted by Gasteiger charge is -2.30. The van der Waals surface area contributed by atoms with Crippen LogP contribution in [0, 0.1) is 13.8 Å². The number of hydrogen-bond donors (Lipinski definition) is 1. The number of pyridine rings is 1. The highest BCUT2D eigenvalue weighted by molar-refractivity contribution is 6.28. The zero-order valence-corrected chi connectivity index (χ0v) is 14.7. The number of carbonyl (C=O) groups is 1. The van der Waals surface area contributed by atoms with Crippen molar-refractivity contribution in [2.75, 3.05) is 11.4 Å². The van der Waals surface area contributed by atoms with Crippen LogP contribution in [0.1, 0.15) is 40.5 Å². The average molecular weight is 335 g/mol. The number of fused-ring (bicyclic) bond motifs is 2. The molecule has 3 heterocycles. The number of benzene rings is 1. The van der Waals surface area contributed by atoms with Crippen molar-refractivity contribution < 1.29 is 9.90 Å². The Morgan fingerprint density at radius 2 is 2.00 bits per heavy atom. The molecule has 4 rings (SSSR count). The van der Waals surface area contributed by atoms with Gasteiger partial charge in [0.15, 0.2) is 5.60 Å². The van der Waals surface area contributed by atoms with Crippen molar-refractivity contribution in [3.8, 4) is 0 Å². The molecular weight excluding hydrogens is 314 g/mol. The van der Waals surface area contributed by atoms with Gasteiger partial charge in [-0.3, -0.25) is 9.78 Å². The molecule has 0 aliphatic carbocycles. The Morgan fingerprint density at radius 1 is 1.24 bits per heavy atom. The first-order valence-corrected chi connectivity index (χ1v) is 8.64. The lowest BCUT2D eigenvalue weighted by molar-refractivity contribution is 0.0602. The van der Waals surface area contributed by atoms with Crippen molar-refractivity contribution >= 4 is 23.0 Å². The van der Waals surface area contributed by atoms with Crippen molar-refractivity contribution in [3.05, 3.63) is 52.8 Å². The van der Waals surface area contributed by atoms with E-state index < -0.39 is 5.60 Å². The molecule has 1 fully saturated rings. The predicted molar refractivity (Wildman–Crippen MR) is 97.9 cm³/mol. The van der Waals surface area contributed by atoms with Crippen molar-refractivity contribution in [2.24, 2.45) is 4.99 Å². The SMILES string of the molecule is CCc1cc(N2CC[C@@]3(O)C(=O)c4cc(C)c(C)cc4N=C23)ccn1. The summed E-state index contributed by atoms with van der Waals surface area (Å²) in [5.74, 6) is 0.185. The first kappa shape index (κ1) is 16.0. The van der Waals surface area contributed by atoms with E-state index in [-0.39, 0.29) is 5.78 Å². The van der Waals surface area contributed by atoms with Crippen LogP contribution in [-0.2, 0) is 6.42 Å². The van der Waals surface area contributed by atoms with Gasteiger partial charge in [-0.2, -0.15) is 0 Å². The van der Waals surface area contributed by atoms with Gasteiger partial charge in [0, 0.05) is 36.1 Å². The van der Waals surface area contributed by atoms with E-state index >= 15 is 0 Å². The Labute approximate surface area is 147 Å². The molecule has 0 saturated carbocycles. The Morgan fingerprint density at radius 3 is 2.76 bits per heavy atom. The van der Waals surface area contributed by atoms with Crippen LogP contribution < -0.4 is 4.90 Å². The number of aryl methyl sites for hydroxylation is 3. The van der Waals surface area contributed by atoms with Crippen LogP contribution in [0.4, 0.5) is 11.4 Å². The number of aliphatic imine (C=N–C) groups is 1. The van der Waals surface area contributed by atoms with Gasteiger partial charge in [-0.25, -0.2) is 4.99 Å². The van der Waals surface area contributed by atoms with Gasteiger partial charge in [-0.15, -0.1) is 0 Å². The monoisotopic (exact) mass is 335 g/mol. The van der Waals surface area contributed by atoms with Crippen LogP contribution in [0.5, 0.6) is 0 Å². The molecular formula is C20H21N3O2. The van der Waals surface area contributed by atoms with Gasteiger partial charge in [0.1, 0.15) is 5.84 Å². The van der Waals surface area contributed by atoms with Crippen molar-refractivity contribution in [1.29, 1.82) is 0 Å². The molecule has 2 aliphatic heterocycles. The third-order valence-corrected chi connectivity index (χ3v) is 5.26. The summed E-state index contributed by atoms with van der Waals surface area (Å²) in [6, 6.07) is 7.66. The molecule has 5 heteroatoms. The molecule has 2 aromatic rings. The van der Waals surface area contributed by atoms with E-state index in [9.17, 15) is 9.90 Å². The fourth-order valence-corrected chi connectivity index (χ4v) is 3.57. The van der Waals surface area contributed by atoms with Crippen LogP contribution in [0.3, 0.4) is 0 Å². The zero-order valence-electron chi connectivity index (χ0n) is 14.7. The van der Waals surface area contributed by atoms with Gasteiger partial charge in [0.05, 0.1) is 5.69 Å². The van der Waals surface area contributed by atoms with E-state index in [1.807, 2.05) is 43.0 Å². The number of nitrogens with zero attached hydrogens (tertiary/aromatic N) is 3. The highest BCUT2D eigenvalue weighted by Crippen LogP contribution is 2.40. The highest BCUT2D eigenvalue weighted by atomic mass is 16.3. The Hall–Kier alpha value is -2.53. The summed E-state index contributed by atoms with van der Waals surface area (Å²) in [4.78, 5) is 24.0. The zero-order chi connectivity index (χ0) is 17.8. The number of ketones is 1. The van der Waals surface area contributed by atoms with E-state index in [1.54, 1.807) is 6.20 Å². The summed E-state index contributed by atoms with van der Waals surface area (Å²) in [6.07, 6.45) is 2.94. The number of anilines is 1. The lowest BCUT2D eigenvalue weighted by atomic mass is 9.86.